The van der Waals surface area contributed by atoms with Crippen molar-refractivity contribution in [2.75, 3.05) is 0 Å². The van der Waals surface area contributed by atoms with E-state index in [2.05, 4.69) is 10.3 Å². The third kappa shape index (κ3) is 2.49. The van der Waals surface area contributed by atoms with Crippen molar-refractivity contribution in [1.82, 2.24) is 14.9 Å². The number of thiophene rings is 1. The second-order valence-electron chi connectivity index (χ2n) is 6.63. The molecule has 0 bridgehead atoms. The molecular weight excluding hydrogens is 310 g/mol. The molecule has 1 saturated carbocycles. The van der Waals surface area contributed by atoms with Gasteiger partial charge in [-0.05, 0) is 38.2 Å². The Morgan fingerprint density at radius 2 is 2.04 bits per heavy atom. The van der Waals surface area contributed by atoms with Crippen molar-refractivity contribution in [3.05, 3.63) is 26.6 Å². The van der Waals surface area contributed by atoms with Crippen LogP contribution >= 0.6 is 11.3 Å². The standard InChI is InChI=1S/C17H21N3O2S/c1-10-13-16(19-12-8-4-5-9-20(12)17(13)22)23-14(10)15(21)18-11-6-2-3-7-11/h11H,2-9H2,1H3,(H,18,21). The molecule has 1 aliphatic heterocycles. The maximum absolute atomic E-state index is 12.8. The van der Waals surface area contributed by atoms with Gasteiger partial charge in [0.15, 0.2) is 0 Å². The fourth-order valence-electron chi connectivity index (χ4n) is 3.77. The van der Waals surface area contributed by atoms with Crippen molar-refractivity contribution in [3.8, 4) is 0 Å². The Balaban J connectivity index is 1.76. The fraction of sp³-hybridized carbons (Fsp3) is 0.588. The lowest BCUT2D eigenvalue weighted by atomic mass is 10.1. The minimum Gasteiger partial charge on any atom is -0.349 e. The Morgan fingerprint density at radius 3 is 2.83 bits per heavy atom. The van der Waals surface area contributed by atoms with E-state index in [9.17, 15) is 9.59 Å². The Bertz CT molecular complexity index is 830. The van der Waals surface area contributed by atoms with Gasteiger partial charge in [0.25, 0.3) is 11.5 Å². The number of hydrogen-bond donors (Lipinski definition) is 1. The quantitative estimate of drug-likeness (QED) is 0.920. The number of carbonyl (C=O) groups is 1. The molecule has 1 aliphatic carbocycles. The van der Waals surface area contributed by atoms with Gasteiger partial charge in [-0.2, -0.15) is 0 Å². The molecule has 122 valence electrons. The summed E-state index contributed by atoms with van der Waals surface area (Å²) in [6.07, 6.45) is 7.45. The molecule has 0 radical (unpaired) electrons. The van der Waals surface area contributed by atoms with Crippen molar-refractivity contribution in [2.45, 2.75) is 64.5 Å². The third-order valence-electron chi connectivity index (χ3n) is 5.06. The predicted molar refractivity (Wildman–Crippen MR) is 91.3 cm³/mol. The molecule has 0 unspecified atom stereocenters. The minimum absolute atomic E-state index is 0.0263. The molecule has 1 N–H and O–H groups in total. The van der Waals surface area contributed by atoms with Gasteiger partial charge in [-0.1, -0.05) is 12.8 Å². The van der Waals surface area contributed by atoms with Crippen LogP contribution in [-0.4, -0.2) is 21.5 Å². The first-order chi connectivity index (χ1) is 11.1. The van der Waals surface area contributed by atoms with Crippen LogP contribution in [0, 0.1) is 6.92 Å². The van der Waals surface area contributed by atoms with Crippen molar-refractivity contribution in [3.63, 3.8) is 0 Å². The molecule has 0 saturated heterocycles. The second-order valence-corrected chi connectivity index (χ2v) is 7.63. The Labute approximate surface area is 138 Å². The summed E-state index contributed by atoms with van der Waals surface area (Å²) >= 11 is 1.37. The molecule has 4 rings (SSSR count). The SMILES string of the molecule is Cc1c(C(=O)NC2CCCC2)sc2nc3n(c(=O)c12)CCCC3. The fourth-order valence-corrected chi connectivity index (χ4v) is 4.86. The highest BCUT2D eigenvalue weighted by Gasteiger charge is 2.24. The average molecular weight is 331 g/mol. The normalized spacial score (nSPS) is 18.3. The highest BCUT2D eigenvalue weighted by atomic mass is 32.1. The van der Waals surface area contributed by atoms with E-state index in [1.165, 1.54) is 24.2 Å². The topological polar surface area (TPSA) is 64.0 Å². The van der Waals surface area contributed by atoms with Gasteiger partial charge in [0, 0.05) is 19.0 Å². The van der Waals surface area contributed by atoms with Crippen LogP contribution in [0.15, 0.2) is 4.79 Å². The monoisotopic (exact) mass is 331 g/mol. The number of fused-ring (bicyclic) bond motifs is 2. The van der Waals surface area contributed by atoms with Crippen molar-refractivity contribution in [2.24, 2.45) is 0 Å². The van der Waals surface area contributed by atoms with E-state index >= 15 is 0 Å². The highest BCUT2D eigenvalue weighted by Crippen LogP contribution is 2.29. The number of carbonyl (C=O) groups excluding carboxylic acids is 1. The molecule has 23 heavy (non-hydrogen) atoms. The van der Waals surface area contributed by atoms with Crippen molar-refractivity contribution in [1.29, 1.82) is 0 Å². The number of aryl methyl sites for hydroxylation is 2. The molecule has 0 atom stereocenters. The molecule has 3 heterocycles. The van der Waals surface area contributed by atoms with E-state index in [0.29, 0.717) is 10.3 Å². The van der Waals surface area contributed by atoms with Crippen LogP contribution in [0.4, 0.5) is 0 Å². The summed E-state index contributed by atoms with van der Waals surface area (Å²) in [6.45, 7) is 2.62. The van der Waals surface area contributed by atoms with Gasteiger partial charge < -0.3 is 5.32 Å². The van der Waals surface area contributed by atoms with Gasteiger partial charge in [0.2, 0.25) is 0 Å². The largest absolute Gasteiger partial charge is 0.349 e. The van der Waals surface area contributed by atoms with Gasteiger partial charge in [-0.15, -0.1) is 11.3 Å². The summed E-state index contributed by atoms with van der Waals surface area (Å²) in [6, 6.07) is 0.286. The zero-order valence-electron chi connectivity index (χ0n) is 13.4. The molecule has 0 aromatic carbocycles. The molecule has 6 heteroatoms. The summed E-state index contributed by atoms with van der Waals surface area (Å²) in [5, 5.41) is 3.76. The van der Waals surface area contributed by atoms with Gasteiger partial charge in [0.1, 0.15) is 10.7 Å². The van der Waals surface area contributed by atoms with E-state index in [4.69, 9.17) is 0 Å². The summed E-state index contributed by atoms with van der Waals surface area (Å²) in [4.78, 5) is 31.4. The van der Waals surface area contributed by atoms with Crippen LogP contribution in [0.25, 0.3) is 10.2 Å². The van der Waals surface area contributed by atoms with E-state index in [1.54, 1.807) is 4.57 Å². The summed E-state index contributed by atoms with van der Waals surface area (Å²) in [7, 11) is 0. The van der Waals surface area contributed by atoms with E-state index in [1.807, 2.05) is 6.92 Å². The smallest absolute Gasteiger partial charge is 0.262 e. The lowest BCUT2D eigenvalue weighted by Crippen LogP contribution is -2.32. The molecule has 5 nitrogen and oxygen atoms in total. The molecule has 1 fully saturated rings. The number of rotatable bonds is 2. The minimum atomic E-state index is -0.0419. The van der Waals surface area contributed by atoms with Crippen LogP contribution in [0.5, 0.6) is 0 Å². The zero-order valence-corrected chi connectivity index (χ0v) is 14.2. The molecule has 2 aliphatic rings. The van der Waals surface area contributed by atoms with E-state index < -0.39 is 0 Å². The number of hydrogen-bond acceptors (Lipinski definition) is 4. The zero-order chi connectivity index (χ0) is 16.0. The predicted octanol–water partition coefficient (Wildman–Crippen LogP) is 2.78. The van der Waals surface area contributed by atoms with Crippen LogP contribution in [0.1, 0.15) is 59.6 Å². The summed E-state index contributed by atoms with van der Waals surface area (Å²) < 4.78 is 1.80. The second kappa shape index (κ2) is 5.74. The van der Waals surface area contributed by atoms with E-state index in [-0.39, 0.29) is 17.5 Å². The molecule has 2 aromatic rings. The Morgan fingerprint density at radius 1 is 1.26 bits per heavy atom. The molecule has 2 aromatic heterocycles. The number of nitrogens with one attached hydrogen (secondary N) is 1. The average Bonchev–Trinajstić information content (AvgIpc) is 3.16. The van der Waals surface area contributed by atoms with E-state index in [0.717, 1.165) is 54.9 Å². The van der Waals surface area contributed by atoms with Crippen LogP contribution in [0.3, 0.4) is 0 Å². The third-order valence-corrected chi connectivity index (χ3v) is 6.24. The first-order valence-corrected chi connectivity index (χ1v) is 9.30. The number of amides is 1. The van der Waals surface area contributed by atoms with Gasteiger partial charge in [0.05, 0.1) is 10.3 Å². The Hall–Kier alpha value is -1.69. The van der Waals surface area contributed by atoms with Crippen LogP contribution in [0.2, 0.25) is 0 Å². The van der Waals surface area contributed by atoms with Crippen LogP contribution in [-0.2, 0) is 13.0 Å². The molecular formula is C17H21N3O2S. The Kier molecular flexibility index (Phi) is 3.71. The molecule has 0 spiro atoms. The number of nitrogens with zero attached hydrogens (tertiary/aromatic N) is 2. The van der Waals surface area contributed by atoms with Crippen LogP contribution < -0.4 is 10.9 Å². The van der Waals surface area contributed by atoms with Gasteiger partial charge >= 0.3 is 0 Å². The maximum atomic E-state index is 12.8. The summed E-state index contributed by atoms with van der Waals surface area (Å²) in [5.74, 6) is 0.831. The van der Waals surface area contributed by atoms with Crippen molar-refractivity contribution >= 4 is 27.5 Å². The summed E-state index contributed by atoms with van der Waals surface area (Å²) in [5.41, 5.74) is 0.817. The van der Waals surface area contributed by atoms with Gasteiger partial charge in [-0.3, -0.25) is 14.2 Å². The van der Waals surface area contributed by atoms with Crippen molar-refractivity contribution < 1.29 is 4.79 Å². The maximum Gasteiger partial charge on any atom is 0.262 e. The first-order valence-electron chi connectivity index (χ1n) is 8.49. The molecule has 1 amide bonds. The highest BCUT2D eigenvalue weighted by molar-refractivity contribution is 7.20. The first kappa shape index (κ1) is 14.9. The lowest BCUT2D eigenvalue weighted by Gasteiger charge is -2.16. The lowest BCUT2D eigenvalue weighted by molar-refractivity contribution is 0.0941. The van der Waals surface area contributed by atoms with Gasteiger partial charge in [-0.25, -0.2) is 4.98 Å². The number of aromatic nitrogens is 2.